The Morgan fingerprint density at radius 1 is 1.35 bits per heavy atom. The molecule has 0 aromatic heterocycles. The number of benzene rings is 1. The van der Waals surface area contributed by atoms with Gasteiger partial charge < -0.3 is 10.4 Å². The first-order valence-electron chi connectivity index (χ1n) is 5.74. The largest absolute Gasteiger partial charge is 0.479 e. The highest BCUT2D eigenvalue weighted by atomic mass is 16.4. The average molecular weight is 233 g/mol. The molecule has 0 saturated heterocycles. The lowest BCUT2D eigenvalue weighted by atomic mass is 9.84. The molecule has 17 heavy (non-hydrogen) atoms. The first kappa shape index (κ1) is 11.6. The van der Waals surface area contributed by atoms with Crippen molar-refractivity contribution in [3.05, 3.63) is 35.4 Å². The first-order valence-corrected chi connectivity index (χ1v) is 5.74. The number of hydrogen-bond donors (Lipinski definition) is 2. The van der Waals surface area contributed by atoms with E-state index < -0.39 is 11.5 Å². The standard InChI is InChI=1S/C13H15NO3/c15-9-14-13(12(16)17)8-4-3-6-10-5-1-2-7-11(10)13/h1-2,5,7,9H,3-4,6,8H2,(H,14,15)(H,16,17). The topological polar surface area (TPSA) is 66.4 Å². The summed E-state index contributed by atoms with van der Waals surface area (Å²) in [5.74, 6) is -0.987. The minimum atomic E-state index is -1.26. The van der Waals surface area contributed by atoms with Gasteiger partial charge in [0.2, 0.25) is 6.41 Å². The highest BCUT2D eigenvalue weighted by Crippen LogP contribution is 2.34. The van der Waals surface area contributed by atoms with Gasteiger partial charge in [0.1, 0.15) is 0 Å². The Bertz CT molecular complexity index is 444. The Balaban J connectivity index is 2.58. The molecule has 0 aliphatic heterocycles. The molecule has 1 aromatic rings. The summed E-state index contributed by atoms with van der Waals surface area (Å²) in [4.78, 5) is 22.3. The fourth-order valence-corrected chi connectivity index (χ4v) is 2.53. The van der Waals surface area contributed by atoms with Crippen LogP contribution < -0.4 is 5.32 Å². The zero-order valence-electron chi connectivity index (χ0n) is 9.48. The second-order valence-electron chi connectivity index (χ2n) is 4.34. The summed E-state index contributed by atoms with van der Waals surface area (Å²) < 4.78 is 0. The maximum Gasteiger partial charge on any atom is 0.334 e. The number of hydrogen-bond acceptors (Lipinski definition) is 2. The van der Waals surface area contributed by atoms with Crippen molar-refractivity contribution in [3.8, 4) is 0 Å². The zero-order chi connectivity index (χ0) is 12.3. The van der Waals surface area contributed by atoms with Gasteiger partial charge in [-0.25, -0.2) is 4.79 Å². The monoisotopic (exact) mass is 233 g/mol. The zero-order valence-corrected chi connectivity index (χ0v) is 9.48. The van der Waals surface area contributed by atoms with Crippen LogP contribution >= 0.6 is 0 Å². The molecular weight excluding hydrogens is 218 g/mol. The molecule has 1 aromatic carbocycles. The van der Waals surface area contributed by atoms with Crippen LogP contribution in [-0.4, -0.2) is 17.5 Å². The number of amides is 1. The van der Waals surface area contributed by atoms with Crippen LogP contribution in [0.25, 0.3) is 0 Å². The van der Waals surface area contributed by atoms with Gasteiger partial charge in [-0.1, -0.05) is 24.3 Å². The van der Waals surface area contributed by atoms with E-state index in [0.29, 0.717) is 12.8 Å². The molecule has 2 rings (SSSR count). The smallest absolute Gasteiger partial charge is 0.334 e. The Kier molecular flexibility index (Phi) is 3.13. The fourth-order valence-electron chi connectivity index (χ4n) is 2.53. The van der Waals surface area contributed by atoms with E-state index in [4.69, 9.17) is 0 Å². The summed E-state index contributed by atoms with van der Waals surface area (Å²) in [6.45, 7) is 0. The summed E-state index contributed by atoms with van der Waals surface area (Å²) in [7, 11) is 0. The Morgan fingerprint density at radius 2 is 2.12 bits per heavy atom. The Morgan fingerprint density at radius 3 is 2.82 bits per heavy atom. The van der Waals surface area contributed by atoms with E-state index in [0.717, 1.165) is 30.4 Å². The molecule has 1 amide bonds. The van der Waals surface area contributed by atoms with Crippen LogP contribution in [-0.2, 0) is 21.5 Å². The Labute approximate surface area is 99.6 Å². The molecule has 0 saturated carbocycles. The molecule has 0 heterocycles. The van der Waals surface area contributed by atoms with Crippen molar-refractivity contribution in [1.82, 2.24) is 5.32 Å². The predicted molar refractivity (Wildman–Crippen MR) is 62.5 cm³/mol. The quantitative estimate of drug-likeness (QED) is 0.613. The number of aryl methyl sites for hydroxylation is 1. The van der Waals surface area contributed by atoms with Gasteiger partial charge in [0.05, 0.1) is 0 Å². The second-order valence-corrected chi connectivity index (χ2v) is 4.34. The van der Waals surface area contributed by atoms with Gasteiger partial charge in [-0.3, -0.25) is 4.79 Å². The maximum atomic E-state index is 11.6. The minimum Gasteiger partial charge on any atom is -0.479 e. The fraction of sp³-hybridized carbons (Fsp3) is 0.385. The lowest BCUT2D eigenvalue weighted by Gasteiger charge is -2.29. The van der Waals surface area contributed by atoms with E-state index in [2.05, 4.69) is 5.32 Å². The molecule has 0 spiro atoms. The van der Waals surface area contributed by atoms with Gasteiger partial charge in [0.15, 0.2) is 5.54 Å². The number of carbonyl (C=O) groups excluding carboxylic acids is 1. The Hall–Kier alpha value is -1.84. The van der Waals surface area contributed by atoms with Gasteiger partial charge in [-0.05, 0) is 36.8 Å². The van der Waals surface area contributed by atoms with E-state index in [-0.39, 0.29) is 0 Å². The van der Waals surface area contributed by atoms with Crippen molar-refractivity contribution in [1.29, 1.82) is 0 Å². The lowest BCUT2D eigenvalue weighted by molar-refractivity contribution is -0.147. The highest BCUT2D eigenvalue weighted by Gasteiger charge is 2.42. The van der Waals surface area contributed by atoms with E-state index in [1.165, 1.54) is 0 Å². The molecule has 0 bridgehead atoms. The van der Waals surface area contributed by atoms with Crippen molar-refractivity contribution in [2.75, 3.05) is 0 Å². The van der Waals surface area contributed by atoms with Crippen LogP contribution in [0.3, 0.4) is 0 Å². The molecule has 1 aliphatic carbocycles. The van der Waals surface area contributed by atoms with Gasteiger partial charge in [-0.15, -0.1) is 0 Å². The summed E-state index contributed by atoms with van der Waals surface area (Å²) in [5.41, 5.74) is 0.480. The number of nitrogens with one attached hydrogen (secondary N) is 1. The van der Waals surface area contributed by atoms with E-state index >= 15 is 0 Å². The van der Waals surface area contributed by atoms with Crippen molar-refractivity contribution < 1.29 is 14.7 Å². The summed E-state index contributed by atoms with van der Waals surface area (Å²) in [6.07, 6.45) is 3.54. The van der Waals surface area contributed by atoms with Gasteiger partial charge in [0, 0.05) is 0 Å². The van der Waals surface area contributed by atoms with E-state index in [1.54, 1.807) is 6.07 Å². The number of rotatable bonds is 3. The van der Waals surface area contributed by atoms with Crippen LogP contribution in [0.5, 0.6) is 0 Å². The molecule has 4 heteroatoms. The third kappa shape index (κ3) is 1.90. The molecular formula is C13H15NO3. The SMILES string of the molecule is O=CNC1(C(=O)O)CCCCc2ccccc21. The molecule has 1 aliphatic rings. The highest BCUT2D eigenvalue weighted by molar-refractivity contribution is 5.84. The average Bonchev–Trinajstić information content (AvgIpc) is 2.51. The third-order valence-corrected chi connectivity index (χ3v) is 3.40. The van der Waals surface area contributed by atoms with Crippen molar-refractivity contribution >= 4 is 12.4 Å². The predicted octanol–water partition coefficient (Wildman–Crippen LogP) is 1.44. The van der Waals surface area contributed by atoms with Crippen LogP contribution in [0.2, 0.25) is 0 Å². The van der Waals surface area contributed by atoms with Crippen molar-refractivity contribution in [3.63, 3.8) is 0 Å². The normalized spacial score (nSPS) is 23.3. The van der Waals surface area contributed by atoms with Crippen molar-refractivity contribution in [2.45, 2.75) is 31.2 Å². The number of fused-ring (bicyclic) bond motifs is 1. The summed E-state index contributed by atoms with van der Waals surface area (Å²) >= 11 is 0. The van der Waals surface area contributed by atoms with E-state index in [1.807, 2.05) is 18.2 Å². The first-order chi connectivity index (χ1) is 8.20. The third-order valence-electron chi connectivity index (χ3n) is 3.40. The van der Waals surface area contributed by atoms with Gasteiger partial charge in [0.25, 0.3) is 0 Å². The number of carboxylic acid groups (broad SMARTS) is 1. The molecule has 1 unspecified atom stereocenters. The molecule has 90 valence electrons. The summed E-state index contributed by atoms with van der Waals surface area (Å²) in [5, 5.41) is 12.0. The second kappa shape index (κ2) is 4.57. The van der Waals surface area contributed by atoms with Crippen LogP contribution in [0.4, 0.5) is 0 Å². The van der Waals surface area contributed by atoms with Crippen LogP contribution in [0, 0.1) is 0 Å². The molecule has 2 N–H and O–H groups in total. The van der Waals surface area contributed by atoms with Crippen LogP contribution in [0.1, 0.15) is 30.4 Å². The van der Waals surface area contributed by atoms with Crippen LogP contribution in [0.15, 0.2) is 24.3 Å². The van der Waals surface area contributed by atoms with Gasteiger partial charge >= 0.3 is 5.97 Å². The molecule has 0 radical (unpaired) electrons. The van der Waals surface area contributed by atoms with Gasteiger partial charge in [-0.2, -0.15) is 0 Å². The lowest BCUT2D eigenvalue weighted by Crippen LogP contribution is -2.48. The molecule has 4 nitrogen and oxygen atoms in total. The number of carboxylic acids is 1. The van der Waals surface area contributed by atoms with Crippen molar-refractivity contribution in [2.24, 2.45) is 0 Å². The minimum absolute atomic E-state index is 0.443. The number of aliphatic carboxylic acids is 1. The summed E-state index contributed by atoms with van der Waals surface area (Å²) in [6, 6.07) is 7.45. The molecule has 0 fully saturated rings. The molecule has 1 atom stereocenters. The maximum absolute atomic E-state index is 11.6. The van der Waals surface area contributed by atoms with E-state index in [9.17, 15) is 14.7 Å². The number of carbonyl (C=O) groups is 2.